The van der Waals surface area contributed by atoms with E-state index >= 15 is 0 Å². The molecule has 2 saturated heterocycles. The molecule has 3 N–H and O–H groups in total. The van der Waals surface area contributed by atoms with Crippen LogP contribution in [-0.2, 0) is 9.47 Å². The summed E-state index contributed by atoms with van der Waals surface area (Å²) in [7, 11) is 1.71. The number of nitrogens with one attached hydrogen (secondary N) is 3. The summed E-state index contributed by atoms with van der Waals surface area (Å²) in [6.07, 6.45) is 2.88. The number of aromatic nitrogens is 4. The van der Waals surface area contributed by atoms with E-state index in [4.69, 9.17) is 9.47 Å². The molecule has 3 aromatic rings. The fraction of sp³-hybridized carbons (Fsp3) is 0.409. The number of cyclic esters (lactones) is 1. The Morgan fingerprint density at radius 1 is 1.20 bits per heavy atom. The Balaban J connectivity index is 1.29. The van der Waals surface area contributed by atoms with E-state index in [-0.39, 0.29) is 42.8 Å². The lowest BCUT2D eigenvalue weighted by Gasteiger charge is -2.39. The third kappa shape index (κ3) is 3.77. The van der Waals surface area contributed by atoms with Crippen LogP contribution in [0.2, 0.25) is 0 Å². The maximum Gasteiger partial charge on any atom is 0.415 e. The van der Waals surface area contributed by atoms with Crippen LogP contribution in [0.15, 0.2) is 24.4 Å². The summed E-state index contributed by atoms with van der Waals surface area (Å²) in [5.74, 6) is 0.783. The number of halogens is 1. The second-order valence-corrected chi connectivity index (χ2v) is 8.69. The Hall–Kier alpha value is -4.00. The van der Waals surface area contributed by atoms with Gasteiger partial charge in [-0.1, -0.05) is 0 Å². The molecular formula is C22H23FN8O4. The number of hydrogen-bond acceptors (Lipinski definition) is 9. The highest BCUT2D eigenvalue weighted by Gasteiger charge is 2.46. The van der Waals surface area contributed by atoms with Crippen molar-refractivity contribution in [2.45, 2.75) is 25.0 Å². The number of hydrogen-bond donors (Lipinski definition) is 3. The lowest BCUT2D eigenvalue weighted by atomic mass is 9.77. The molecule has 1 saturated carbocycles. The molecule has 0 aromatic carbocycles. The topological polar surface area (TPSA) is 135 Å². The van der Waals surface area contributed by atoms with Crippen molar-refractivity contribution in [2.75, 3.05) is 42.3 Å². The Morgan fingerprint density at radius 3 is 2.83 bits per heavy atom. The second kappa shape index (κ2) is 8.34. The largest absolute Gasteiger partial charge is 0.447 e. The van der Waals surface area contributed by atoms with Crippen LogP contribution in [0.25, 0.3) is 5.65 Å². The first kappa shape index (κ1) is 21.5. The summed E-state index contributed by atoms with van der Waals surface area (Å²) in [5, 5.41) is 13.3. The van der Waals surface area contributed by atoms with Crippen molar-refractivity contribution < 1.29 is 23.5 Å². The van der Waals surface area contributed by atoms with E-state index in [1.54, 1.807) is 13.1 Å². The minimum atomic E-state index is -0.582. The van der Waals surface area contributed by atoms with Crippen LogP contribution in [0.3, 0.4) is 0 Å². The van der Waals surface area contributed by atoms with Gasteiger partial charge in [0, 0.05) is 31.9 Å². The molecule has 3 aromatic heterocycles. The Bertz CT molecular complexity index is 1330. The molecule has 0 bridgehead atoms. The SMILES string of the molecule is CNc1cc(Nc2cc(F)cc(N3CCOC3=O)n2)nc2c(C(=O)N[C@@H]3C[C@H]4CCO[C@H]43)cnn12. The fourth-order valence-corrected chi connectivity index (χ4v) is 4.79. The second-order valence-electron chi connectivity index (χ2n) is 8.69. The highest BCUT2D eigenvalue weighted by Crippen LogP contribution is 2.38. The molecule has 0 unspecified atom stereocenters. The average molecular weight is 482 g/mol. The summed E-state index contributed by atoms with van der Waals surface area (Å²) in [5.41, 5.74) is 0.624. The zero-order valence-corrected chi connectivity index (χ0v) is 18.8. The van der Waals surface area contributed by atoms with Gasteiger partial charge in [-0.15, -0.1) is 0 Å². The molecule has 0 spiro atoms. The van der Waals surface area contributed by atoms with Gasteiger partial charge in [0.05, 0.1) is 24.9 Å². The first-order chi connectivity index (χ1) is 17.0. The van der Waals surface area contributed by atoms with E-state index in [2.05, 4.69) is 31.0 Å². The van der Waals surface area contributed by atoms with Gasteiger partial charge >= 0.3 is 6.09 Å². The molecule has 2 aliphatic heterocycles. The Labute approximate surface area is 198 Å². The van der Waals surface area contributed by atoms with Crippen LogP contribution in [-0.4, -0.2) is 70.5 Å². The van der Waals surface area contributed by atoms with E-state index in [0.29, 0.717) is 28.8 Å². The van der Waals surface area contributed by atoms with Crippen molar-refractivity contribution >= 4 is 40.9 Å². The number of carbonyl (C=O) groups is 2. The van der Waals surface area contributed by atoms with Gasteiger partial charge in [0.25, 0.3) is 5.91 Å². The molecule has 12 nitrogen and oxygen atoms in total. The average Bonchev–Trinajstić information content (AvgIpc) is 3.54. The maximum atomic E-state index is 14.3. The smallest absolute Gasteiger partial charge is 0.415 e. The zero-order valence-electron chi connectivity index (χ0n) is 18.8. The molecule has 3 aliphatic rings. The van der Waals surface area contributed by atoms with Crippen molar-refractivity contribution in [3.63, 3.8) is 0 Å². The van der Waals surface area contributed by atoms with Crippen LogP contribution in [0, 0.1) is 11.7 Å². The minimum absolute atomic E-state index is 0.0257. The first-order valence-corrected chi connectivity index (χ1v) is 11.4. The summed E-state index contributed by atoms with van der Waals surface area (Å²) < 4.78 is 26.5. The molecule has 6 rings (SSSR count). The summed E-state index contributed by atoms with van der Waals surface area (Å²) in [6.45, 7) is 1.23. The highest BCUT2D eigenvalue weighted by molar-refractivity contribution is 6.00. The molecular weight excluding hydrogens is 459 g/mol. The number of anilines is 4. The summed E-state index contributed by atoms with van der Waals surface area (Å²) in [6, 6.07) is 3.98. The van der Waals surface area contributed by atoms with Gasteiger partial charge in [-0.2, -0.15) is 9.61 Å². The van der Waals surface area contributed by atoms with Crippen LogP contribution in [0.1, 0.15) is 23.2 Å². The molecule has 35 heavy (non-hydrogen) atoms. The van der Waals surface area contributed by atoms with Crippen LogP contribution in [0.4, 0.5) is 32.5 Å². The minimum Gasteiger partial charge on any atom is -0.447 e. The summed E-state index contributed by atoms with van der Waals surface area (Å²) >= 11 is 0. The van der Waals surface area contributed by atoms with Crippen molar-refractivity contribution in [3.8, 4) is 0 Å². The van der Waals surface area contributed by atoms with E-state index in [1.165, 1.54) is 21.7 Å². The van der Waals surface area contributed by atoms with Crippen molar-refractivity contribution in [3.05, 3.63) is 35.8 Å². The highest BCUT2D eigenvalue weighted by atomic mass is 19.1. The predicted octanol–water partition coefficient (Wildman–Crippen LogP) is 1.91. The lowest BCUT2D eigenvalue weighted by molar-refractivity contribution is -0.000551. The van der Waals surface area contributed by atoms with Crippen molar-refractivity contribution in [1.82, 2.24) is 24.9 Å². The number of nitrogens with zero attached hydrogens (tertiary/aromatic N) is 5. The first-order valence-electron chi connectivity index (χ1n) is 11.4. The van der Waals surface area contributed by atoms with E-state index in [9.17, 15) is 14.0 Å². The third-order valence-electron chi connectivity index (χ3n) is 6.58. The van der Waals surface area contributed by atoms with Crippen molar-refractivity contribution in [1.29, 1.82) is 0 Å². The number of pyridine rings is 1. The van der Waals surface area contributed by atoms with Gasteiger partial charge in [-0.3, -0.25) is 9.69 Å². The molecule has 13 heteroatoms. The molecule has 3 atom stereocenters. The fourth-order valence-electron chi connectivity index (χ4n) is 4.79. The van der Waals surface area contributed by atoms with Crippen LogP contribution >= 0.6 is 0 Å². The van der Waals surface area contributed by atoms with Gasteiger partial charge in [0.2, 0.25) is 0 Å². The molecule has 5 heterocycles. The third-order valence-corrected chi connectivity index (χ3v) is 6.58. The van der Waals surface area contributed by atoms with Gasteiger partial charge in [-0.25, -0.2) is 19.2 Å². The number of carbonyl (C=O) groups excluding carboxylic acids is 2. The predicted molar refractivity (Wildman–Crippen MR) is 122 cm³/mol. The van der Waals surface area contributed by atoms with Gasteiger partial charge in [0.15, 0.2) is 5.65 Å². The molecule has 182 valence electrons. The Kier molecular flexibility index (Phi) is 5.13. The molecule has 3 fully saturated rings. The van der Waals surface area contributed by atoms with Gasteiger partial charge in [-0.05, 0) is 18.8 Å². The number of ether oxygens (including phenoxy) is 2. The molecule has 2 amide bonds. The monoisotopic (exact) mass is 482 g/mol. The number of rotatable bonds is 6. The Morgan fingerprint density at radius 2 is 2.06 bits per heavy atom. The number of amides is 2. The zero-order chi connectivity index (χ0) is 24.1. The van der Waals surface area contributed by atoms with E-state index in [1.807, 2.05) is 0 Å². The maximum absolute atomic E-state index is 14.3. The number of fused-ring (bicyclic) bond motifs is 2. The standard InChI is InChI=1S/C22H23FN8O4/c1-24-17-9-16(27-15-7-12(23)8-18(28-15)30-3-5-35-22(30)33)29-20-13(10-25-31(17)20)21(32)26-14-6-11-2-4-34-19(11)14/h7-11,14,19,24H,2-6H2,1H3,(H,26,32)(H,27,28,29)/t11-,14-,19-/m1/s1. The van der Waals surface area contributed by atoms with Gasteiger partial charge in [0.1, 0.15) is 41.3 Å². The van der Waals surface area contributed by atoms with Crippen molar-refractivity contribution in [2.24, 2.45) is 5.92 Å². The van der Waals surface area contributed by atoms with Crippen LogP contribution < -0.4 is 20.9 Å². The summed E-state index contributed by atoms with van der Waals surface area (Å²) in [4.78, 5) is 35.0. The molecule has 1 aliphatic carbocycles. The van der Waals surface area contributed by atoms with E-state index in [0.717, 1.165) is 25.5 Å². The lowest BCUT2D eigenvalue weighted by Crippen LogP contribution is -2.54. The molecule has 0 radical (unpaired) electrons. The van der Waals surface area contributed by atoms with Gasteiger partial charge < -0.3 is 25.4 Å². The van der Waals surface area contributed by atoms with Crippen LogP contribution in [0.5, 0.6) is 0 Å². The van der Waals surface area contributed by atoms with E-state index < -0.39 is 11.9 Å². The quantitative estimate of drug-likeness (QED) is 0.481. The normalized spacial score (nSPS) is 23.1.